The number of hydrogen-bond donors (Lipinski definition) is 2. The molecule has 0 aliphatic carbocycles. The highest BCUT2D eigenvalue weighted by molar-refractivity contribution is 9.10. The number of ether oxygens (including phenoxy) is 2. The Hall–Kier alpha value is -2.21. The molecule has 0 saturated carbocycles. The van der Waals surface area contributed by atoms with Gasteiger partial charge in [-0.15, -0.1) is 0 Å². The quantitative estimate of drug-likeness (QED) is 0.608. The molecule has 0 unspecified atom stereocenters. The number of anilines is 1. The van der Waals surface area contributed by atoms with Crippen molar-refractivity contribution >= 4 is 27.6 Å². The number of hydrogen-bond acceptors (Lipinski definition) is 4. The second kappa shape index (κ2) is 8.94. The Kier molecular flexibility index (Phi) is 6.91. The van der Waals surface area contributed by atoms with Crippen molar-refractivity contribution in [2.75, 3.05) is 11.9 Å². The smallest absolute Gasteiger partial charge is 0.335 e. The number of carboxylic acid groups (broad SMARTS) is 1. The summed E-state index contributed by atoms with van der Waals surface area (Å²) in [7, 11) is 0. The Balaban J connectivity index is 2.21. The van der Waals surface area contributed by atoms with Crippen LogP contribution in [0.15, 0.2) is 34.8 Å². The summed E-state index contributed by atoms with van der Waals surface area (Å²) < 4.78 is 12.5. The molecule has 0 heterocycles. The molecule has 2 aromatic rings. The Bertz CT molecular complexity index is 790. The molecule has 0 aliphatic heterocycles. The van der Waals surface area contributed by atoms with Crippen molar-refractivity contribution in [3.05, 3.63) is 51.5 Å². The number of carbonyl (C=O) groups is 1. The van der Waals surface area contributed by atoms with E-state index in [2.05, 4.69) is 21.2 Å². The van der Waals surface area contributed by atoms with Crippen LogP contribution in [0.4, 0.5) is 5.69 Å². The van der Waals surface area contributed by atoms with Crippen LogP contribution in [-0.2, 0) is 6.54 Å². The highest BCUT2D eigenvalue weighted by atomic mass is 79.9. The maximum atomic E-state index is 11.0. The van der Waals surface area contributed by atoms with Crippen LogP contribution in [-0.4, -0.2) is 23.8 Å². The van der Waals surface area contributed by atoms with Gasteiger partial charge < -0.3 is 19.9 Å². The number of carboxylic acids is 1. The third kappa shape index (κ3) is 5.14. The zero-order valence-corrected chi connectivity index (χ0v) is 17.0. The van der Waals surface area contributed by atoms with E-state index in [9.17, 15) is 4.79 Å². The van der Waals surface area contributed by atoms with Crippen molar-refractivity contribution in [1.82, 2.24) is 0 Å². The number of nitrogens with one attached hydrogen (secondary N) is 1. The van der Waals surface area contributed by atoms with Crippen molar-refractivity contribution in [2.45, 2.75) is 40.3 Å². The summed E-state index contributed by atoms with van der Waals surface area (Å²) in [4.78, 5) is 11.0. The lowest BCUT2D eigenvalue weighted by Crippen LogP contribution is -2.09. The van der Waals surface area contributed by atoms with Gasteiger partial charge in [0, 0.05) is 16.7 Å². The molecular weight excluding hydrogens is 398 g/mol. The van der Waals surface area contributed by atoms with Gasteiger partial charge in [-0.2, -0.15) is 0 Å². The van der Waals surface area contributed by atoms with Gasteiger partial charge in [0.1, 0.15) is 0 Å². The topological polar surface area (TPSA) is 67.8 Å². The molecule has 2 rings (SSSR count). The van der Waals surface area contributed by atoms with Crippen LogP contribution >= 0.6 is 15.9 Å². The molecule has 0 aromatic heterocycles. The molecule has 0 atom stereocenters. The molecule has 2 aromatic carbocycles. The molecule has 0 radical (unpaired) electrons. The summed E-state index contributed by atoms with van der Waals surface area (Å²) in [6.07, 6.45) is 0.0560. The van der Waals surface area contributed by atoms with Crippen LogP contribution in [0.5, 0.6) is 11.5 Å². The first-order chi connectivity index (χ1) is 12.3. The summed E-state index contributed by atoms with van der Waals surface area (Å²) in [6, 6.07) is 8.91. The molecule has 0 bridgehead atoms. The average molecular weight is 422 g/mol. The molecule has 0 amide bonds. The van der Waals surface area contributed by atoms with E-state index < -0.39 is 5.97 Å². The molecular formula is C20H24BrNO4. The predicted molar refractivity (Wildman–Crippen MR) is 107 cm³/mol. The van der Waals surface area contributed by atoms with Gasteiger partial charge in [0.15, 0.2) is 11.5 Å². The molecule has 140 valence electrons. The average Bonchev–Trinajstić information content (AvgIpc) is 2.56. The molecule has 5 nitrogen and oxygen atoms in total. The third-order valence-corrected chi connectivity index (χ3v) is 4.46. The normalized spacial score (nSPS) is 10.7. The molecule has 6 heteroatoms. The summed E-state index contributed by atoms with van der Waals surface area (Å²) in [5.41, 5.74) is 3.07. The lowest BCUT2D eigenvalue weighted by molar-refractivity contribution is 0.0697. The van der Waals surface area contributed by atoms with Gasteiger partial charge in [-0.25, -0.2) is 4.79 Å². The first kappa shape index (κ1) is 20.1. The van der Waals surface area contributed by atoms with E-state index in [0.29, 0.717) is 24.7 Å². The van der Waals surface area contributed by atoms with Crippen molar-refractivity contribution in [2.24, 2.45) is 0 Å². The van der Waals surface area contributed by atoms with E-state index in [4.69, 9.17) is 14.6 Å². The van der Waals surface area contributed by atoms with Crippen LogP contribution < -0.4 is 14.8 Å². The van der Waals surface area contributed by atoms with Gasteiger partial charge in [0.2, 0.25) is 0 Å². The largest absolute Gasteiger partial charge is 0.490 e. The molecule has 0 aliphatic rings. The van der Waals surface area contributed by atoms with E-state index in [1.165, 1.54) is 0 Å². The van der Waals surface area contributed by atoms with Crippen LogP contribution in [0, 0.1) is 6.92 Å². The van der Waals surface area contributed by atoms with Crippen LogP contribution in [0.2, 0.25) is 0 Å². The summed E-state index contributed by atoms with van der Waals surface area (Å²) >= 11 is 3.59. The second-order valence-corrected chi connectivity index (χ2v) is 7.03. The SMILES string of the molecule is CCOc1cc(CNc2ccc(C(=O)O)cc2C)c(Br)cc1OC(C)C. The molecule has 0 saturated heterocycles. The highest BCUT2D eigenvalue weighted by Crippen LogP contribution is 2.35. The van der Waals surface area contributed by atoms with Gasteiger partial charge in [0.25, 0.3) is 0 Å². The number of benzene rings is 2. The number of halogens is 1. The van der Waals surface area contributed by atoms with Gasteiger partial charge >= 0.3 is 5.97 Å². The summed E-state index contributed by atoms with van der Waals surface area (Å²) in [5.74, 6) is 0.489. The minimum atomic E-state index is -0.926. The van der Waals surface area contributed by atoms with Crippen molar-refractivity contribution in [1.29, 1.82) is 0 Å². The summed E-state index contributed by atoms with van der Waals surface area (Å²) in [6.45, 7) is 8.89. The second-order valence-electron chi connectivity index (χ2n) is 6.18. The van der Waals surface area contributed by atoms with E-state index in [1.54, 1.807) is 18.2 Å². The molecule has 0 spiro atoms. The maximum absolute atomic E-state index is 11.0. The fraction of sp³-hybridized carbons (Fsp3) is 0.350. The van der Waals surface area contributed by atoms with Gasteiger partial charge in [0.05, 0.1) is 18.3 Å². The Labute approximate surface area is 162 Å². The van der Waals surface area contributed by atoms with E-state index in [1.807, 2.05) is 39.8 Å². The van der Waals surface area contributed by atoms with Gasteiger partial charge in [-0.1, -0.05) is 15.9 Å². The third-order valence-electron chi connectivity index (χ3n) is 3.72. The van der Waals surface area contributed by atoms with E-state index in [-0.39, 0.29) is 11.7 Å². The first-order valence-corrected chi connectivity index (χ1v) is 9.30. The predicted octanol–water partition coefficient (Wildman–Crippen LogP) is 5.25. The highest BCUT2D eigenvalue weighted by Gasteiger charge is 2.13. The Morgan fingerprint density at radius 1 is 1.23 bits per heavy atom. The van der Waals surface area contributed by atoms with Crippen LogP contribution in [0.25, 0.3) is 0 Å². The Morgan fingerprint density at radius 3 is 2.54 bits per heavy atom. The zero-order chi connectivity index (χ0) is 19.3. The molecule has 2 N–H and O–H groups in total. The number of aromatic carboxylic acids is 1. The van der Waals surface area contributed by atoms with Crippen LogP contribution in [0.3, 0.4) is 0 Å². The minimum absolute atomic E-state index is 0.0560. The van der Waals surface area contributed by atoms with Crippen LogP contribution in [0.1, 0.15) is 42.3 Å². The lowest BCUT2D eigenvalue weighted by Gasteiger charge is -2.18. The maximum Gasteiger partial charge on any atom is 0.335 e. The number of rotatable bonds is 8. The van der Waals surface area contributed by atoms with E-state index >= 15 is 0 Å². The minimum Gasteiger partial charge on any atom is -0.490 e. The Morgan fingerprint density at radius 2 is 1.96 bits per heavy atom. The molecule has 26 heavy (non-hydrogen) atoms. The van der Waals surface area contributed by atoms with Gasteiger partial charge in [-0.3, -0.25) is 0 Å². The van der Waals surface area contributed by atoms with Gasteiger partial charge in [-0.05, 0) is 69.2 Å². The molecule has 0 fully saturated rings. The monoisotopic (exact) mass is 421 g/mol. The van der Waals surface area contributed by atoms with Crippen molar-refractivity contribution < 1.29 is 19.4 Å². The fourth-order valence-electron chi connectivity index (χ4n) is 2.51. The number of aryl methyl sites for hydroxylation is 1. The van der Waals surface area contributed by atoms with E-state index in [0.717, 1.165) is 21.3 Å². The zero-order valence-electron chi connectivity index (χ0n) is 15.4. The lowest BCUT2D eigenvalue weighted by atomic mass is 10.1. The van der Waals surface area contributed by atoms with Crippen molar-refractivity contribution in [3.63, 3.8) is 0 Å². The standard InChI is InChI=1S/C20H24BrNO4/c1-5-25-18-9-15(16(21)10-19(18)26-12(2)3)11-22-17-7-6-14(20(23)24)8-13(17)4/h6-10,12,22H,5,11H2,1-4H3,(H,23,24). The first-order valence-electron chi connectivity index (χ1n) is 8.51. The van der Waals surface area contributed by atoms with Crippen molar-refractivity contribution in [3.8, 4) is 11.5 Å². The fourth-order valence-corrected chi connectivity index (χ4v) is 2.98. The summed E-state index contributed by atoms with van der Waals surface area (Å²) in [5, 5.41) is 12.4.